The van der Waals surface area contributed by atoms with Crippen LogP contribution in [0.1, 0.15) is 142 Å². The standard InChI is InChI=1S/C44H78NO8P/c1-6-8-10-12-14-15-16-17-18-19-22-25-29-33-38-50-43(41-53-54(48,49)52-39-37-45(3,4)5)40-51-44(47)36-32-28-24-21-20-23-27-31-35-42(46)34-30-26-13-11-9-7-2/h9,11,21,23-24,26-27,30-31,33,35,38,42-43,46H,6-8,10,12-20,22,25,28-29,32,34,36-37,39-41H2,1-5H3/p+1/b11-9-,24-21-,27-23-,30-26-,35-31+,38-33+/t42?,43-/m1/s1. The van der Waals surface area contributed by atoms with Crippen molar-refractivity contribution >= 4 is 13.8 Å². The molecule has 0 fully saturated rings. The first kappa shape index (κ1) is 51.7. The predicted octanol–water partition coefficient (Wildman–Crippen LogP) is 11.3. The van der Waals surface area contributed by atoms with Crippen LogP contribution in [0.25, 0.3) is 0 Å². The number of aliphatic hydroxyl groups is 1. The minimum absolute atomic E-state index is 0.0679. The lowest BCUT2D eigenvalue weighted by molar-refractivity contribution is -0.870. The van der Waals surface area contributed by atoms with E-state index in [0.29, 0.717) is 23.9 Å². The third-order valence-corrected chi connectivity index (χ3v) is 9.44. The molecule has 9 nitrogen and oxygen atoms in total. The molecule has 2 N–H and O–H groups in total. The van der Waals surface area contributed by atoms with Gasteiger partial charge in [-0.15, -0.1) is 0 Å². The second kappa shape index (κ2) is 36.4. The molecule has 0 radical (unpaired) electrons. The van der Waals surface area contributed by atoms with Gasteiger partial charge in [0, 0.05) is 6.42 Å². The topological polar surface area (TPSA) is 112 Å². The summed E-state index contributed by atoms with van der Waals surface area (Å²) in [4.78, 5) is 22.6. The Hall–Kier alpha value is -2.26. The molecule has 312 valence electrons. The number of esters is 1. The molecule has 0 aromatic heterocycles. The molecule has 0 saturated carbocycles. The first-order valence-corrected chi connectivity index (χ1v) is 22.3. The number of carbonyl (C=O) groups excluding carboxylic acids is 1. The van der Waals surface area contributed by atoms with Gasteiger partial charge in [0.05, 0.1) is 40.1 Å². The van der Waals surface area contributed by atoms with E-state index < -0.39 is 20.0 Å². The van der Waals surface area contributed by atoms with Gasteiger partial charge in [0.15, 0.2) is 6.10 Å². The van der Waals surface area contributed by atoms with E-state index in [2.05, 4.69) is 32.1 Å². The lowest BCUT2D eigenvalue weighted by Gasteiger charge is -2.24. The summed E-state index contributed by atoms with van der Waals surface area (Å²) in [5.41, 5.74) is 0. The van der Waals surface area contributed by atoms with E-state index in [1.165, 1.54) is 70.6 Å². The van der Waals surface area contributed by atoms with Crippen molar-refractivity contribution in [3.63, 3.8) is 0 Å². The van der Waals surface area contributed by atoms with E-state index in [1.54, 1.807) is 12.3 Å². The Labute approximate surface area is 330 Å². The zero-order chi connectivity index (χ0) is 40.0. The summed E-state index contributed by atoms with van der Waals surface area (Å²) >= 11 is 0. The van der Waals surface area contributed by atoms with Crippen LogP contribution in [-0.4, -0.2) is 80.2 Å². The van der Waals surface area contributed by atoms with Gasteiger partial charge in [0.1, 0.15) is 19.8 Å². The Kier molecular flexibility index (Phi) is 34.9. The van der Waals surface area contributed by atoms with Gasteiger partial charge in [0.25, 0.3) is 0 Å². The Balaban J connectivity index is 4.49. The normalized spacial score (nSPS) is 15.1. The Bertz CT molecular complexity index is 1110. The maximum Gasteiger partial charge on any atom is 0.472 e. The molecular formula is C44H79NO8P+. The summed E-state index contributed by atoms with van der Waals surface area (Å²) in [6, 6.07) is 0. The van der Waals surface area contributed by atoms with Gasteiger partial charge < -0.3 is 24.0 Å². The second-order valence-corrected chi connectivity index (χ2v) is 16.4. The Morgan fingerprint density at radius 1 is 0.704 bits per heavy atom. The molecule has 2 unspecified atom stereocenters. The van der Waals surface area contributed by atoms with E-state index >= 15 is 0 Å². The van der Waals surface area contributed by atoms with Crippen LogP contribution in [0.3, 0.4) is 0 Å². The molecule has 3 atom stereocenters. The van der Waals surface area contributed by atoms with Crippen LogP contribution in [0.5, 0.6) is 0 Å². The molecule has 0 rings (SSSR count). The SMILES string of the molecule is CC/C=C\C/C=C\CC(O)/C=C/C=C\C/C=C\CCCC(=O)OC[C@H](COP(=O)(O)OCC[N+](C)(C)C)O/C=C/CCCCCCCCCCCCCC. The number of unbranched alkanes of at least 4 members (excludes halogenated alkanes) is 13. The van der Waals surface area contributed by atoms with Crippen molar-refractivity contribution in [1.82, 2.24) is 0 Å². The maximum atomic E-state index is 12.4. The van der Waals surface area contributed by atoms with Crippen molar-refractivity contribution in [3.05, 3.63) is 73.1 Å². The van der Waals surface area contributed by atoms with Crippen LogP contribution in [0.2, 0.25) is 0 Å². The number of likely N-dealkylation sites (N-methyl/N-ethyl adjacent to an activating group) is 1. The fourth-order valence-corrected chi connectivity index (χ4v) is 5.87. The molecule has 54 heavy (non-hydrogen) atoms. The molecule has 0 saturated heterocycles. The van der Waals surface area contributed by atoms with Crippen molar-refractivity contribution in [3.8, 4) is 0 Å². The maximum absolute atomic E-state index is 12.4. The van der Waals surface area contributed by atoms with Crippen LogP contribution < -0.4 is 0 Å². The predicted molar refractivity (Wildman–Crippen MR) is 225 cm³/mol. The number of ether oxygens (including phenoxy) is 2. The lowest BCUT2D eigenvalue weighted by Crippen LogP contribution is -2.37. The monoisotopic (exact) mass is 781 g/mol. The average molecular weight is 781 g/mol. The van der Waals surface area contributed by atoms with Gasteiger partial charge in [-0.05, 0) is 57.4 Å². The molecule has 0 spiro atoms. The highest BCUT2D eigenvalue weighted by atomic mass is 31.2. The quantitative estimate of drug-likeness (QED) is 0.0122. The zero-order valence-corrected chi connectivity index (χ0v) is 35.7. The highest BCUT2D eigenvalue weighted by Crippen LogP contribution is 2.43. The summed E-state index contributed by atoms with van der Waals surface area (Å²) in [6.45, 7) is 4.61. The number of aliphatic hydroxyl groups excluding tert-OH is 1. The molecule has 0 bridgehead atoms. The van der Waals surface area contributed by atoms with Crippen molar-refractivity contribution in [1.29, 1.82) is 0 Å². The number of phosphoric ester groups is 1. The molecule has 0 aliphatic carbocycles. The average Bonchev–Trinajstić information content (AvgIpc) is 3.12. The van der Waals surface area contributed by atoms with E-state index in [9.17, 15) is 19.4 Å². The summed E-state index contributed by atoms with van der Waals surface area (Å²) in [5, 5.41) is 10.0. The number of allylic oxidation sites excluding steroid dienone is 9. The van der Waals surface area contributed by atoms with Gasteiger partial charge in [0.2, 0.25) is 0 Å². The third kappa shape index (κ3) is 39.4. The van der Waals surface area contributed by atoms with Crippen LogP contribution >= 0.6 is 7.82 Å². The van der Waals surface area contributed by atoms with Crippen molar-refractivity contribution in [2.24, 2.45) is 0 Å². The number of hydrogen-bond acceptors (Lipinski definition) is 7. The van der Waals surface area contributed by atoms with Gasteiger partial charge in [-0.25, -0.2) is 4.57 Å². The van der Waals surface area contributed by atoms with Gasteiger partial charge in [-0.1, -0.05) is 145 Å². The molecule has 0 amide bonds. The number of quaternary nitrogens is 1. The third-order valence-electron chi connectivity index (χ3n) is 8.45. The minimum Gasteiger partial charge on any atom is -0.492 e. The highest BCUT2D eigenvalue weighted by molar-refractivity contribution is 7.47. The summed E-state index contributed by atoms with van der Waals surface area (Å²) in [7, 11) is 1.60. The highest BCUT2D eigenvalue weighted by Gasteiger charge is 2.25. The van der Waals surface area contributed by atoms with Crippen LogP contribution in [0, 0.1) is 0 Å². The fraction of sp³-hybridized carbons (Fsp3) is 0.705. The largest absolute Gasteiger partial charge is 0.492 e. The first-order chi connectivity index (χ1) is 26.0. The van der Waals surface area contributed by atoms with Crippen molar-refractivity contribution in [2.75, 3.05) is 47.5 Å². The van der Waals surface area contributed by atoms with Crippen LogP contribution in [0.4, 0.5) is 0 Å². The summed E-state index contributed by atoms with van der Waals surface area (Å²) in [6.07, 6.45) is 43.6. The number of carbonyl (C=O) groups is 1. The second-order valence-electron chi connectivity index (χ2n) is 14.9. The van der Waals surface area contributed by atoms with Crippen LogP contribution in [-0.2, 0) is 27.9 Å². The van der Waals surface area contributed by atoms with Crippen molar-refractivity contribution < 1.29 is 42.4 Å². The Morgan fingerprint density at radius 3 is 1.98 bits per heavy atom. The lowest BCUT2D eigenvalue weighted by atomic mass is 10.0. The molecule has 10 heteroatoms. The molecular weight excluding hydrogens is 701 g/mol. The number of phosphoric acid groups is 1. The summed E-state index contributed by atoms with van der Waals surface area (Å²) in [5.74, 6) is -0.361. The number of nitrogens with zero attached hydrogens (tertiary/aromatic N) is 1. The van der Waals surface area contributed by atoms with Crippen LogP contribution in [0.15, 0.2) is 73.1 Å². The van der Waals surface area contributed by atoms with E-state index in [4.69, 9.17) is 18.5 Å². The van der Waals surface area contributed by atoms with E-state index in [0.717, 1.165) is 38.5 Å². The van der Waals surface area contributed by atoms with Crippen molar-refractivity contribution in [2.45, 2.75) is 154 Å². The van der Waals surface area contributed by atoms with Gasteiger partial charge >= 0.3 is 13.8 Å². The van der Waals surface area contributed by atoms with Gasteiger partial charge in [-0.2, -0.15) is 0 Å². The zero-order valence-electron chi connectivity index (χ0n) is 34.8. The molecule has 0 heterocycles. The fourth-order valence-electron chi connectivity index (χ4n) is 5.13. The number of hydrogen-bond donors (Lipinski definition) is 2. The smallest absolute Gasteiger partial charge is 0.472 e. The number of rotatable bonds is 37. The summed E-state index contributed by atoms with van der Waals surface area (Å²) < 4.78 is 34.6. The van der Waals surface area contributed by atoms with E-state index in [1.807, 2.05) is 63.7 Å². The Morgan fingerprint density at radius 2 is 1.31 bits per heavy atom. The molecule has 0 aromatic rings. The first-order valence-electron chi connectivity index (χ1n) is 20.8. The molecule has 0 aliphatic rings. The van der Waals surface area contributed by atoms with Gasteiger partial charge in [-0.3, -0.25) is 13.8 Å². The van der Waals surface area contributed by atoms with E-state index in [-0.39, 0.29) is 32.2 Å². The molecule has 0 aromatic carbocycles. The molecule has 0 aliphatic heterocycles. The minimum atomic E-state index is -4.29.